The summed E-state index contributed by atoms with van der Waals surface area (Å²) in [5.74, 6) is 0.849. The predicted octanol–water partition coefficient (Wildman–Crippen LogP) is 4.54. The SMILES string of the molecule is O=C(O)C(c1cccc(Cl)c1)N1CCC(C2(Cc3ccc4c(n3)NCCC4)CCNCC2)CC1. The number of hydrogen-bond acceptors (Lipinski definition) is 5. The second-order valence-electron chi connectivity index (χ2n) is 10.2. The number of carbonyl (C=O) groups is 1. The first kappa shape index (κ1) is 23.6. The van der Waals surface area contributed by atoms with Gasteiger partial charge in [-0.15, -0.1) is 0 Å². The van der Waals surface area contributed by atoms with Gasteiger partial charge in [-0.05, 0) is 112 Å². The van der Waals surface area contributed by atoms with Gasteiger partial charge in [0, 0.05) is 17.3 Å². The van der Waals surface area contributed by atoms with Gasteiger partial charge in [0.2, 0.25) is 0 Å². The van der Waals surface area contributed by atoms with E-state index in [0.29, 0.717) is 10.9 Å². The quantitative estimate of drug-likeness (QED) is 0.561. The number of pyridine rings is 1. The van der Waals surface area contributed by atoms with Crippen molar-refractivity contribution in [1.29, 1.82) is 0 Å². The van der Waals surface area contributed by atoms with E-state index in [1.807, 2.05) is 12.1 Å². The topological polar surface area (TPSA) is 77.5 Å². The maximum absolute atomic E-state index is 12.2. The molecule has 3 N–H and O–H groups in total. The number of halogens is 1. The monoisotopic (exact) mass is 482 g/mol. The summed E-state index contributed by atoms with van der Waals surface area (Å²) in [6, 6.07) is 11.2. The van der Waals surface area contributed by atoms with E-state index in [4.69, 9.17) is 16.6 Å². The molecule has 2 saturated heterocycles. The summed E-state index contributed by atoms with van der Waals surface area (Å²) in [5, 5.41) is 17.6. The molecule has 1 aromatic carbocycles. The Morgan fingerprint density at radius 3 is 2.71 bits per heavy atom. The van der Waals surface area contributed by atoms with Crippen LogP contribution < -0.4 is 10.6 Å². The summed E-state index contributed by atoms with van der Waals surface area (Å²) in [6.07, 6.45) is 7.64. The van der Waals surface area contributed by atoms with Crippen molar-refractivity contribution >= 4 is 23.4 Å². The second kappa shape index (κ2) is 10.2. The summed E-state index contributed by atoms with van der Waals surface area (Å²) in [7, 11) is 0. The van der Waals surface area contributed by atoms with Gasteiger partial charge in [-0.25, -0.2) is 4.98 Å². The lowest BCUT2D eigenvalue weighted by molar-refractivity contribution is -0.144. The van der Waals surface area contributed by atoms with Crippen molar-refractivity contribution in [3.8, 4) is 0 Å². The minimum Gasteiger partial charge on any atom is -0.480 e. The minimum absolute atomic E-state index is 0.224. The van der Waals surface area contributed by atoms with Crippen molar-refractivity contribution in [1.82, 2.24) is 15.2 Å². The molecule has 2 fully saturated rings. The first-order chi connectivity index (χ1) is 16.5. The van der Waals surface area contributed by atoms with Crippen molar-refractivity contribution in [2.45, 2.75) is 51.0 Å². The Kier molecular flexibility index (Phi) is 7.09. The lowest BCUT2D eigenvalue weighted by atomic mass is 9.63. The predicted molar refractivity (Wildman–Crippen MR) is 135 cm³/mol. The van der Waals surface area contributed by atoms with E-state index in [9.17, 15) is 9.90 Å². The molecule has 0 radical (unpaired) electrons. The van der Waals surface area contributed by atoms with E-state index < -0.39 is 12.0 Å². The molecule has 5 rings (SSSR count). The smallest absolute Gasteiger partial charge is 0.325 e. The van der Waals surface area contributed by atoms with Crippen LogP contribution in [0.4, 0.5) is 5.82 Å². The number of nitrogens with one attached hydrogen (secondary N) is 2. The Balaban J connectivity index is 1.32. The van der Waals surface area contributed by atoms with Crippen LogP contribution in [0.3, 0.4) is 0 Å². The number of aryl methyl sites for hydroxylation is 1. The number of anilines is 1. The van der Waals surface area contributed by atoms with Crippen LogP contribution >= 0.6 is 11.6 Å². The number of likely N-dealkylation sites (tertiary alicyclic amines) is 1. The summed E-state index contributed by atoms with van der Waals surface area (Å²) in [4.78, 5) is 19.4. The lowest BCUT2D eigenvalue weighted by Crippen LogP contribution is -2.48. The van der Waals surface area contributed by atoms with E-state index in [1.54, 1.807) is 12.1 Å². The third kappa shape index (κ3) is 4.95. The Bertz CT molecular complexity index is 1020. The van der Waals surface area contributed by atoms with Crippen molar-refractivity contribution in [2.75, 3.05) is 38.0 Å². The maximum atomic E-state index is 12.2. The number of carboxylic acids is 1. The van der Waals surface area contributed by atoms with Gasteiger partial charge in [0.05, 0.1) is 0 Å². The average molecular weight is 483 g/mol. The highest BCUT2D eigenvalue weighted by molar-refractivity contribution is 6.30. The van der Waals surface area contributed by atoms with Crippen LogP contribution in [0, 0.1) is 11.3 Å². The van der Waals surface area contributed by atoms with Crippen molar-refractivity contribution in [2.24, 2.45) is 11.3 Å². The van der Waals surface area contributed by atoms with Gasteiger partial charge in [0.25, 0.3) is 0 Å². The number of piperidine rings is 2. The van der Waals surface area contributed by atoms with E-state index in [0.717, 1.165) is 82.6 Å². The van der Waals surface area contributed by atoms with Crippen LogP contribution in [-0.4, -0.2) is 53.7 Å². The molecule has 3 aliphatic rings. The van der Waals surface area contributed by atoms with Gasteiger partial charge in [-0.3, -0.25) is 9.69 Å². The number of aromatic nitrogens is 1. The van der Waals surface area contributed by atoms with Crippen LogP contribution in [0.15, 0.2) is 36.4 Å². The van der Waals surface area contributed by atoms with Crippen molar-refractivity contribution in [3.05, 3.63) is 58.2 Å². The van der Waals surface area contributed by atoms with Gasteiger partial charge in [0.1, 0.15) is 11.9 Å². The number of benzene rings is 1. The highest BCUT2D eigenvalue weighted by Gasteiger charge is 2.43. The molecule has 0 bridgehead atoms. The molecule has 2 aromatic rings. The first-order valence-corrected chi connectivity index (χ1v) is 13.1. The molecule has 34 heavy (non-hydrogen) atoms. The molecule has 7 heteroatoms. The number of carboxylic acid groups (broad SMARTS) is 1. The van der Waals surface area contributed by atoms with Gasteiger partial charge in [0.15, 0.2) is 0 Å². The Hall–Kier alpha value is -2.15. The number of nitrogens with zero attached hydrogens (tertiary/aromatic N) is 2. The van der Waals surface area contributed by atoms with Gasteiger partial charge in [-0.2, -0.15) is 0 Å². The van der Waals surface area contributed by atoms with Gasteiger partial charge in [-0.1, -0.05) is 29.8 Å². The van der Waals surface area contributed by atoms with E-state index in [2.05, 4.69) is 27.7 Å². The molecular weight excluding hydrogens is 448 g/mol. The number of fused-ring (bicyclic) bond motifs is 1. The van der Waals surface area contributed by atoms with Crippen molar-refractivity contribution in [3.63, 3.8) is 0 Å². The molecule has 3 aliphatic heterocycles. The molecule has 4 heterocycles. The molecule has 6 nitrogen and oxygen atoms in total. The van der Waals surface area contributed by atoms with Crippen LogP contribution in [-0.2, 0) is 17.6 Å². The molecular formula is C27H35ClN4O2. The first-order valence-electron chi connectivity index (χ1n) is 12.7. The molecule has 0 saturated carbocycles. The molecule has 0 aliphatic carbocycles. The minimum atomic E-state index is -0.803. The lowest BCUT2D eigenvalue weighted by Gasteiger charge is -2.48. The standard InChI is InChI=1S/C27H35ClN4O2/c28-22-5-1-3-20(17-22)24(26(33)34)32-15-8-21(9-16-32)27(10-13-29-14-11-27)18-23-7-6-19-4-2-12-30-25(19)31-23/h1,3,5-7,17,21,24,29H,2,4,8-16,18H2,(H,30,31)(H,33,34). The summed E-state index contributed by atoms with van der Waals surface area (Å²) in [5.41, 5.74) is 3.52. The normalized spacial score (nSPS) is 21.9. The molecule has 1 atom stereocenters. The Labute approximate surface area is 207 Å². The van der Waals surface area contributed by atoms with Crippen LogP contribution in [0.5, 0.6) is 0 Å². The highest BCUT2D eigenvalue weighted by atomic mass is 35.5. The van der Waals surface area contributed by atoms with Crippen molar-refractivity contribution < 1.29 is 9.90 Å². The number of hydrogen-bond donors (Lipinski definition) is 3. The summed E-state index contributed by atoms with van der Waals surface area (Å²) in [6.45, 7) is 4.69. The molecule has 1 aromatic heterocycles. The summed E-state index contributed by atoms with van der Waals surface area (Å²) >= 11 is 6.17. The molecule has 1 unspecified atom stereocenters. The van der Waals surface area contributed by atoms with E-state index >= 15 is 0 Å². The number of rotatable bonds is 6. The Morgan fingerprint density at radius 2 is 1.97 bits per heavy atom. The molecule has 0 amide bonds. The van der Waals surface area contributed by atoms with Gasteiger partial charge >= 0.3 is 5.97 Å². The van der Waals surface area contributed by atoms with Crippen LogP contribution in [0.1, 0.15) is 55.0 Å². The zero-order chi connectivity index (χ0) is 23.5. The van der Waals surface area contributed by atoms with E-state index in [1.165, 1.54) is 17.7 Å². The second-order valence-corrected chi connectivity index (χ2v) is 10.7. The fourth-order valence-electron chi connectivity index (χ4n) is 6.44. The average Bonchev–Trinajstić information content (AvgIpc) is 2.85. The molecule has 0 spiro atoms. The van der Waals surface area contributed by atoms with Crippen LogP contribution in [0.2, 0.25) is 5.02 Å². The zero-order valence-corrected chi connectivity index (χ0v) is 20.5. The largest absolute Gasteiger partial charge is 0.480 e. The summed E-state index contributed by atoms with van der Waals surface area (Å²) < 4.78 is 0. The highest BCUT2D eigenvalue weighted by Crippen LogP contribution is 2.46. The van der Waals surface area contributed by atoms with Crippen LogP contribution in [0.25, 0.3) is 0 Å². The fourth-order valence-corrected chi connectivity index (χ4v) is 6.64. The Morgan fingerprint density at radius 1 is 1.18 bits per heavy atom. The maximum Gasteiger partial charge on any atom is 0.325 e. The zero-order valence-electron chi connectivity index (χ0n) is 19.7. The third-order valence-electron chi connectivity index (χ3n) is 8.24. The third-order valence-corrected chi connectivity index (χ3v) is 8.48. The fraction of sp³-hybridized carbons (Fsp3) is 0.556. The molecule has 182 valence electrons. The van der Waals surface area contributed by atoms with E-state index in [-0.39, 0.29) is 5.41 Å². The van der Waals surface area contributed by atoms with Gasteiger partial charge < -0.3 is 15.7 Å². The number of aliphatic carboxylic acids is 1.